The van der Waals surface area contributed by atoms with Crippen LogP contribution in [0.25, 0.3) is 0 Å². The van der Waals surface area contributed by atoms with Crippen LogP contribution in [-0.2, 0) is 9.53 Å². The molecule has 1 atom stereocenters. The van der Waals surface area contributed by atoms with E-state index in [1.807, 2.05) is 32.9 Å². The van der Waals surface area contributed by atoms with Gasteiger partial charge in [-0.05, 0) is 57.0 Å². The van der Waals surface area contributed by atoms with Crippen molar-refractivity contribution in [2.45, 2.75) is 33.8 Å². The summed E-state index contributed by atoms with van der Waals surface area (Å²) in [7, 11) is 0. The predicted octanol–water partition coefficient (Wildman–Crippen LogP) is 4.70. The Hall–Kier alpha value is -2.21. The Kier molecular flexibility index (Phi) is 5.95. The average Bonchev–Trinajstić information content (AvgIpc) is 2.50. The summed E-state index contributed by atoms with van der Waals surface area (Å²) in [5.74, 6) is -2.07. The maximum atomic E-state index is 13.8. The fourth-order valence-electron chi connectivity index (χ4n) is 2.53. The number of rotatable bonds is 4. The Morgan fingerprint density at radius 2 is 1.72 bits per heavy atom. The van der Waals surface area contributed by atoms with Crippen molar-refractivity contribution in [3.8, 4) is 0 Å². The van der Waals surface area contributed by atoms with Gasteiger partial charge in [-0.2, -0.15) is 0 Å². The Morgan fingerprint density at radius 1 is 1.12 bits per heavy atom. The smallest absolute Gasteiger partial charge is 0.341 e. The second-order valence-electron chi connectivity index (χ2n) is 5.93. The fourth-order valence-corrected chi connectivity index (χ4v) is 2.87. The van der Waals surface area contributed by atoms with Gasteiger partial charge >= 0.3 is 5.97 Å². The molecule has 0 spiro atoms. The van der Waals surface area contributed by atoms with E-state index in [1.165, 1.54) is 25.1 Å². The van der Waals surface area contributed by atoms with E-state index >= 15 is 0 Å². The normalized spacial score (nSPS) is 11.8. The molecule has 1 N–H and O–H groups in total. The summed E-state index contributed by atoms with van der Waals surface area (Å²) in [5, 5.41) is 2.77. The molecule has 2 rings (SSSR count). The Labute approximate surface area is 154 Å². The molecule has 0 fully saturated rings. The number of esters is 1. The third-order valence-corrected chi connectivity index (χ3v) is 4.22. The number of anilines is 1. The van der Waals surface area contributed by atoms with Gasteiger partial charge in [0.1, 0.15) is 5.82 Å². The molecule has 4 nitrogen and oxygen atoms in total. The molecule has 0 bridgehead atoms. The van der Waals surface area contributed by atoms with Gasteiger partial charge in [-0.1, -0.05) is 33.6 Å². The lowest BCUT2D eigenvalue weighted by Crippen LogP contribution is -2.30. The van der Waals surface area contributed by atoms with E-state index in [2.05, 4.69) is 21.2 Å². The lowest BCUT2D eigenvalue weighted by atomic mass is 10.0. The minimum absolute atomic E-state index is 0.217. The van der Waals surface area contributed by atoms with Crippen molar-refractivity contribution in [1.29, 1.82) is 0 Å². The molecule has 6 heteroatoms. The number of ether oxygens (including phenoxy) is 1. The summed E-state index contributed by atoms with van der Waals surface area (Å²) in [6.45, 7) is 7.21. The molecule has 25 heavy (non-hydrogen) atoms. The van der Waals surface area contributed by atoms with Crippen molar-refractivity contribution in [2.24, 2.45) is 0 Å². The van der Waals surface area contributed by atoms with Gasteiger partial charge in [0.2, 0.25) is 0 Å². The maximum absolute atomic E-state index is 13.8. The van der Waals surface area contributed by atoms with Crippen molar-refractivity contribution in [2.75, 3.05) is 5.32 Å². The topological polar surface area (TPSA) is 55.4 Å². The van der Waals surface area contributed by atoms with Gasteiger partial charge in [0.15, 0.2) is 6.10 Å². The highest BCUT2D eigenvalue weighted by Crippen LogP contribution is 2.22. The quantitative estimate of drug-likeness (QED) is 0.747. The molecule has 0 unspecified atom stereocenters. The molecule has 0 saturated carbocycles. The molecule has 132 valence electrons. The molecule has 0 radical (unpaired) electrons. The SMILES string of the molecule is Cc1cc(C)c(NC(=O)[C@@H](C)OC(=O)c2ccc(Br)cc2F)c(C)c1. The number of halogens is 2. The highest BCUT2D eigenvalue weighted by atomic mass is 79.9. The largest absolute Gasteiger partial charge is 0.449 e. The molecule has 0 saturated heterocycles. The number of amides is 1. The van der Waals surface area contributed by atoms with Crippen molar-refractivity contribution in [1.82, 2.24) is 0 Å². The van der Waals surface area contributed by atoms with Crippen LogP contribution in [0.15, 0.2) is 34.8 Å². The summed E-state index contributed by atoms with van der Waals surface area (Å²) in [5.41, 5.74) is 3.41. The second kappa shape index (κ2) is 7.78. The summed E-state index contributed by atoms with van der Waals surface area (Å²) < 4.78 is 19.4. The van der Waals surface area contributed by atoms with Crippen LogP contribution in [-0.4, -0.2) is 18.0 Å². The van der Waals surface area contributed by atoms with Crippen LogP contribution in [0.5, 0.6) is 0 Å². The number of nitrogens with one attached hydrogen (secondary N) is 1. The maximum Gasteiger partial charge on any atom is 0.341 e. The molecule has 0 aliphatic carbocycles. The highest BCUT2D eigenvalue weighted by Gasteiger charge is 2.22. The van der Waals surface area contributed by atoms with Gasteiger partial charge in [0.05, 0.1) is 5.56 Å². The zero-order valence-corrected chi connectivity index (χ0v) is 16.0. The van der Waals surface area contributed by atoms with Gasteiger partial charge in [-0.3, -0.25) is 4.79 Å². The molecule has 1 amide bonds. The minimum Gasteiger partial charge on any atom is -0.449 e. The highest BCUT2D eigenvalue weighted by molar-refractivity contribution is 9.10. The molecule has 0 aliphatic heterocycles. The van der Waals surface area contributed by atoms with Crippen LogP contribution in [0, 0.1) is 26.6 Å². The second-order valence-corrected chi connectivity index (χ2v) is 6.85. The molecular formula is C19H19BrFNO3. The molecule has 0 heterocycles. The zero-order chi connectivity index (χ0) is 18.7. The first-order valence-electron chi connectivity index (χ1n) is 7.73. The van der Waals surface area contributed by atoms with Gasteiger partial charge in [0, 0.05) is 10.2 Å². The van der Waals surface area contributed by atoms with Crippen LogP contribution in [0.2, 0.25) is 0 Å². The summed E-state index contributed by atoms with van der Waals surface area (Å²) in [6, 6.07) is 7.91. The van der Waals surface area contributed by atoms with E-state index in [-0.39, 0.29) is 5.56 Å². The van der Waals surface area contributed by atoms with E-state index in [0.717, 1.165) is 16.7 Å². The van der Waals surface area contributed by atoms with Crippen LogP contribution in [0.1, 0.15) is 34.0 Å². The predicted molar refractivity (Wildman–Crippen MR) is 98.3 cm³/mol. The van der Waals surface area contributed by atoms with E-state index in [0.29, 0.717) is 10.2 Å². The number of benzene rings is 2. The van der Waals surface area contributed by atoms with Crippen LogP contribution >= 0.6 is 15.9 Å². The van der Waals surface area contributed by atoms with Gasteiger partial charge in [-0.25, -0.2) is 9.18 Å². The Balaban J connectivity index is 2.09. The summed E-state index contributed by atoms with van der Waals surface area (Å²) in [4.78, 5) is 24.4. The Morgan fingerprint density at radius 3 is 2.28 bits per heavy atom. The first-order valence-corrected chi connectivity index (χ1v) is 8.53. The van der Waals surface area contributed by atoms with Gasteiger partial charge in [0.25, 0.3) is 5.91 Å². The molecule has 2 aromatic rings. The van der Waals surface area contributed by atoms with Crippen LogP contribution in [0.4, 0.5) is 10.1 Å². The lowest BCUT2D eigenvalue weighted by molar-refractivity contribution is -0.123. The van der Waals surface area contributed by atoms with E-state index < -0.39 is 23.8 Å². The van der Waals surface area contributed by atoms with Crippen LogP contribution < -0.4 is 5.32 Å². The number of hydrogen-bond donors (Lipinski definition) is 1. The first-order chi connectivity index (χ1) is 11.7. The van der Waals surface area contributed by atoms with Gasteiger partial charge < -0.3 is 10.1 Å². The molecule has 0 aromatic heterocycles. The van der Waals surface area contributed by atoms with E-state index in [9.17, 15) is 14.0 Å². The number of carbonyl (C=O) groups excluding carboxylic acids is 2. The van der Waals surface area contributed by atoms with Gasteiger partial charge in [-0.15, -0.1) is 0 Å². The first kappa shape index (κ1) is 19.1. The third-order valence-electron chi connectivity index (χ3n) is 3.73. The van der Waals surface area contributed by atoms with Crippen molar-refractivity contribution < 1.29 is 18.7 Å². The zero-order valence-electron chi connectivity index (χ0n) is 14.4. The fraction of sp³-hybridized carbons (Fsp3) is 0.263. The molecular weight excluding hydrogens is 389 g/mol. The molecule has 0 aliphatic rings. The van der Waals surface area contributed by atoms with Crippen molar-refractivity contribution in [3.63, 3.8) is 0 Å². The standard InChI is InChI=1S/C19H19BrFNO3/c1-10-7-11(2)17(12(3)8-10)22-18(23)13(4)25-19(24)15-6-5-14(20)9-16(15)21/h5-9,13H,1-4H3,(H,22,23)/t13-/m1/s1. The number of aryl methyl sites for hydroxylation is 3. The number of carbonyl (C=O) groups is 2. The molecule has 2 aromatic carbocycles. The van der Waals surface area contributed by atoms with Crippen molar-refractivity contribution >= 4 is 33.5 Å². The average molecular weight is 408 g/mol. The van der Waals surface area contributed by atoms with E-state index in [4.69, 9.17) is 4.74 Å². The van der Waals surface area contributed by atoms with Crippen molar-refractivity contribution in [3.05, 3.63) is 62.9 Å². The summed E-state index contributed by atoms with van der Waals surface area (Å²) in [6.07, 6.45) is -1.06. The number of hydrogen-bond acceptors (Lipinski definition) is 3. The van der Waals surface area contributed by atoms with Crippen LogP contribution in [0.3, 0.4) is 0 Å². The minimum atomic E-state index is -1.06. The Bertz CT molecular complexity index is 812. The monoisotopic (exact) mass is 407 g/mol. The third kappa shape index (κ3) is 4.66. The summed E-state index contributed by atoms with van der Waals surface area (Å²) >= 11 is 3.12. The lowest BCUT2D eigenvalue weighted by Gasteiger charge is -2.17. The van der Waals surface area contributed by atoms with E-state index in [1.54, 1.807) is 0 Å².